The third-order valence-corrected chi connectivity index (χ3v) is 4.41. The highest BCUT2D eigenvalue weighted by Gasteiger charge is 2.35. The number of halogens is 1. The fourth-order valence-corrected chi connectivity index (χ4v) is 3.43. The van der Waals surface area contributed by atoms with Gasteiger partial charge in [-0.2, -0.15) is 0 Å². The standard InChI is InChI=1S/C15H20ClNO2/c16-12-7-5-6-11-14(13(18)10-19-15(11)12)17-8-3-1-2-4-9-17/h5-7,13-14,18H,1-4,8-10H2. The van der Waals surface area contributed by atoms with E-state index in [9.17, 15) is 5.11 Å². The van der Waals surface area contributed by atoms with Crippen molar-refractivity contribution >= 4 is 11.6 Å². The molecular formula is C15H20ClNO2. The SMILES string of the molecule is OC1COc2c(Cl)cccc2C1N1CCCCCC1. The number of likely N-dealkylation sites (tertiary alicyclic amines) is 1. The fraction of sp³-hybridized carbons (Fsp3) is 0.600. The maximum atomic E-state index is 10.3. The number of hydrogen-bond acceptors (Lipinski definition) is 3. The average Bonchev–Trinajstić information content (AvgIpc) is 2.67. The van der Waals surface area contributed by atoms with E-state index in [1.165, 1.54) is 25.7 Å². The van der Waals surface area contributed by atoms with Crippen molar-refractivity contribution in [3.05, 3.63) is 28.8 Å². The van der Waals surface area contributed by atoms with Crippen LogP contribution in [0.4, 0.5) is 0 Å². The highest BCUT2D eigenvalue weighted by Crippen LogP contribution is 2.41. The van der Waals surface area contributed by atoms with Crippen LogP contribution in [0.2, 0.25) is 5.02 Å². The lowest BCUT2D eigenvalue weighted by Gasteiger charge is -2.38. The topological polar surface area (TPSA) is 32.7 Å². The molecule has 0 radical (unpaired) electrons. The highest BCUT2D eigenvalue weighted by atomic mass is 35.5. The summed E-state index contributed by atoms with van der Waals surface area (Å²) in [6.07, 6.45) is 4.53. The zero-order valence-corrected chi connectivity index (χ0v) is 11.8. The van der Waals surface area contributed by atoms with Crippen molar-refractivity contribution < 1.29 is 9.84 Å². The first-order valence-electron chi connectivity index (χ1n) is 7.10. The summed E-state index contributed by atoms with van der Waals surface area (Å²) in [6.45, 7) is 2.43. The summed E-state index contributed by atoms with van der Waals surface area (Å²) >= 11 is 6.20. The van der Waals surface area contributed by atoms with Crippen molar-refractivity contribution in [3.8, 4) is 5.75 Å². The van der Waals surface area contributed by atoms with E-state index in [-0.39, 0.29) is 6.04 Å². The Morgan fingerprint density at radius 1 is 1.16 bits per heavy atom. The van der Waals surface area contributed by atoms with Crippen LogP contribution in [-0.4, -0.2) is 35.8 Å². The second kappa shape index (κ2) is 5.70. The number of para-hydroxylation sites is 1. The molecule has 19 heavy (non-hydrogen) atoms. The van der Waals surface area contributed by atoms with E-state index in [0.717, 1.165) is 24.4 Å². The largest absolute Gasteiger partial charge is 0.489 e. The van der Waals surface area contributed by atoms with E-state index in [1.54, 1.807) is 0 Å². The number of aliphatic hydroxyl groups is 1. The van der Waals surface area contributed by atoms with Crippen molar-refractivity contribution in [2.24, 2.45) is 0 Å². The summed E-state index contributed by atoms with van der Waals surface area (Å²) in [5, 5.41) is 11.0. The van der Waals surface area contributed by atoms with Gasteiger partial charge in [-0.05, 0) is 32.0 Å². The molecule has 2 aliphatic rings. The van der Waals surface area contributed by atoms with Gasteiger partial charge < -0.3 is 9.84 Å². The lowest BCUT2D eigenvalue weighted by atomic mass is 9.96. The monoisotopic (exact) mass is 281 g/mol. The van der Waals surface area contributed by atoms with Crippen molar-refractivity contribution in [2.45, 2.75) is 37.8 Å². The molecule has 1 aromatic rings. The third kappa shape index (κ3) is 2.60. The van der Waals surface area contributed by atoms with Crippen LogP contribution in [0, 0.1) is 0 Å². The van der Waals surface area contributed by atoms with E-state index in [0.29, 0.717) is 11.6 Å². The van der Waals surface area contributed by atoms with Gasteiger partial charge in [0.1, 0.15) is 18.5 Å². The Kier molecular flexibility index (Phi) is 3.96. The van der Waals surface area contributed by atoms with Crippen molar-refractivity contribution in [2.75, 3.05) is 19.7 Å². The van der Waals surface area contributed by atoms with Crippen LogP contribution in [0.5, 0.6) is 5.75 Å². The molecule has 1 aromatic carbocycles. The Morgan fingerprint density at radius 2 is 1.89 bits per heavy atom. The first-order chi connectivity index (χ1) is 9.27. The van der Waals surface area contributed by atoms with Gasteiger partial charge in [0.05, 0.1) is 11.1 Å². The molecule has 0 bridgehead atoms. The maximum Gasteiger partial charge on any atom is 0.142 e. The fourth-order valence-electron chi connectivity index (χ4n) is 3.19. The quantitative estimate of drug-likeness (QED) is 0.859. The molecule has 0 saturated carbocycles. The predicted octanol–water partition coefficient (Wildman–Crippen LogP) is 3.01. The third-order valence-electron chi connectivity index (χ3n) is 4.11. The molecule has 3 nitrogen and oxygen atoms in total. The molecular weight excluding hydrogens is 262 g/mol. The average molecular weight is 282 g/mol. The predicted molar refractivity (Wildman–Crippen MR) is 75.7 cm³/mol. The number of nitrogens with zero attached hydrogens (tertiary/aromatic N) is 1. The van der Waals surface area contributed by atoms with Gasteiger partial charge in [0, 0.05) is 5.56 Å². The second-order valence-corrected chi connectivity index (χ2v) is 5.84. The van der Waals surface area contributed by atoms with E-state index in [4.69, 9.17) is 16.3 Å². The minimum absolute atomic E-state index is 0.0283. The van der Waals surface area contributed by atoms with Gasteiger partial charge in [-0.1, -0.05) is 36.6 Å². The molecule has 0 spiro atoms. The van der Waals surface area contributed by atoms with Gasteiger partial charge in [-0.15, -0.1) is 0 Å². The molecule has 0 aromatic heterocycles. The van der Waals surface area contributed by atoms with Gasteiger partial charge in [0.25, 0.3) is 0 Å². The summed E-state index contributed by atoms with van der Waals surface area (Å²) < 4.78 is 5.61. The summed E-state index contributed by atoms with van der Waals surface area (Å²) in [4.78, 5) is 2.40. The van der Waals surface area contributed by atoms with Crippen molar-refractivity contribution in [1.29, 1.82) is 0 Å². The summed E-state index contributed by atoms with van der Waals surface area (Å²) in [7, 11) is 0. The molecule has 0 aliphatic carbocycles. The maximum absolute atomic E-state index is 10.3. The Morgan fingerprint density at radius 3 is 2.63 bits per heavy atom. The molecule has 0 amide bonds. The molecule has 2 unspecified atom stereocenters. The van der Waals surface area contributed by atoms with Gasteiger partial charge in [0.15, 0.2) is 0 Å². The molecule has 3 rings (SSSR count). The minimum atomic E-state index is -0.468. The lowest BCUT2D eigenvalue weighted by Crippen LogP contribution is -2.42. The molecule has 4 heteroatoms. The molecule has 1 saturated heterocycles. The molecule has 104 valence electrons. The van der Waals surface area contributed by atoms with E-state index in [2.05, 4.69) is 4.90 Å². The number of benzene rings is 1. The smallest absolute Gasteiger partial charge is 0.142 e. The Balaban J connectivity index is 1.93. The molecule has 1 N–H and O–H groups in total. The second-order valence-electron chi connectivity index (χ2n) is 5.43. The van der Waals surface area contributed by atoms with Crippen LogP contribution < -0.4 is 4.74 Å². The van der Waals surface area contributed by atoms with E-state index < -0.39 is 6.10 Å². The van der Waals surface area contributed by atoms with Gasteiger partial charge in [-0.25, -0.2) is 0 Å². The van der Waals surface area contributed by atoms with Crippen LogP contribution in [-0.2, 0) is 0 Å². The van der Waals surface area contributed by atoms with Crippen molar-refractivity contribution in [1.82, 2.24) is 4.90 Å². The van der Waals surface area contributed by atoms with E-state index >= 15 is 0 Å². The number of hydrogen-bond donors (Lipinski definition) is 1. The number of fused-ring (bicyclic) bond motifs is 1. The number of ether oxygens (including phenoxy) is 1. The summed E-state index contributed by atoms with van der Waals surface area (Å²) in [5.41, 5.74) is 1.04. The zero-order chi connectivity index (χ0) is 13.2. The number of rotatable bonds is 1. The molecule has 1 fully saturated rings. The zero-order valence-electron chi connectivity index (χ0n) is 11.0. The molecule has 2 aliphatic heterocycles. The lowest BCUT2D eigenvalue weighted by molar-refractivity contribution is 0.00115. The van der Waals surface area contributed by atoms with Gasteiger partial charge in [0.2, 0.25) is 0 Å². The van der Waals surface area contributed by atoms with Crippen LogP contribution in [0.3, 0.4) is 0 Å². The molecule has 2 heterocycles. The Labute approximate surface area is 119 Å². The highest BCUT2D eigenvalue weighted by molar-refractivity contribution is 6.32. The van der Waals surface area contributed by atoms with Crippen molar-refractivity contribution in [3.63, 3.8) is 0 Å². The van der Waals surface area contributed by atoms with Crippen LogP contribution >= 0.6 is 11.6 Å². The molecule has 2 atom stereocenters. The van der Waals surface area contributed by atoms with Crippen LogP contribution in [0.25, 0.3) is 0 Å². The van der Waals surface area contributed by atoms with Crippen LogP contribution in [0.1, 0.15) is 37.3 Å². The van der Waals surface area contributed by atoms with Gasteiger partial charge in [-0.3, -0.25) is 4.90 Å². The Bertz CT molecular complexity index is 444. The minimum Gasteiger partial charge on any atom is -0.489 e. The van der Waals surface area contributed by atoms with Crippen LogP contribution in [0.15, 0.2) is 18.2 Å². The first-order valence-corrected chi connectivity index (χ1v) is 7.48. The summed E-state index contributed by atoms with van der Waals surface area (Å²) in [5.74, 6) is 0.753. The van der Waals surface area contributed by atoms with E-state index in [1.807, 2.05) is 18.2 Å². The van der Waals surface area contributed by atoms with Gasteiger partial charge >= 0.3 is 0 Å². The Hall–Kier alpha value is -0.770. The first kappa shape index (κ1) is 13.2. The number of aliphatic hydroxyl groups excluding tert-OH is 1. The summed E-state index contributed by atoms with van der Waals surface area (Å²) in [6, 6.07) is 5.84. The normalized spacial score (nSPS) is 28.3.